The van der Waals surface area contributed by atoms with Crippen molar-refractivity contribution in [1.82, 2.24) is 15.1 Å². The van der Waals surface area contributed by atoms with Gasteiger partial charge in [-0.25, -0.2) is 4.99 Å². The number of halogens is 1. The zero-order valence-corrected chi connectivity index (χ0v) is 19.4. The maximum absolute atomic E-state index is 5.82. The Bertz CT molecular complexity index is 569. The number of likely N-dealkylation sites (N-methyl/N-ethyl adjacent to an activating group) is 1. The topological polar surface area (TPSA) is 49.3 Å². The van der Waals surface area contributed by atoms with Crippen LogP contribution >= 0.6 is 24.0 Å². The molecule has 1 fully saturated rings. The van der Waals surface area contributed by atoms with Crippen LogP contribution in [0, 0.1) is 5.92 Å². The first-order chi connectivity index (χ1) is 12.6. The lowest BCUT2D eigenvalue weighted by atomic mass is 10.1. The predicted molar refractivity (Wildman–Crippen MR) is 122 cm³/mol. The molecule has 2 rings (SSSR count). The van der Waals surface area contributed by atoms with Crippen molar-refractivity contribution in [2.24, 2.45) is 10.9 Å². The van der Waals surface area contributed by atoms with Crippen LogP contribution in [0.5, 0.6) is 5.75 Å². The molecule has 1 N–H and O–H groups in total. The largest absolute Gasteiger partial charge is 0.492 e. The average molecular weight is 490 g/mol. The van der Waals surface area contributed by atoms with Crippen LogP contribution in [0.4, 0.5) is 0 Å². The number of likely N-dealkylation sites (tertiary alicyclic amines) is 1. The second-order valence-electron chi connectivity index (χ2n) is 7.03. The molecule has 0 aromatic heterocycles. The summed E-state index contributed by atoms with van der Waals surface area (Å²) in [4.78, 5) is 9.29. The number of aliphatic imine (C=N–C) groups is 1. The lowest BCUT2D eigenvalue weighted by Crippen LogP contribution is -2.40. The van der Waals surface area contributed by atoms with Crippen molar-refractivity contribution in [3.05, 3.63) is 29.8 Å². The SMILES string of the molecule is CCNC(=NCc1cccc(OCCN(C)C)c1)N1CCC(COC)C1.I. The van der Waals surface area contributed by atoms with E-state index in [1.54, 1.807) is 7.11 Å². The smallest absolute Gasteiger partial charge is 0.194 e. The zero-order valence-electron chi connectivity index (χ0n) is 17.1. The van der Waals surface area contributed by atoms with Gasteiger partial charge >= 0.3 is 0 Å². The number of methoxy groups -OCH3 is 1. The Morgan fingerprint density at radius 2 is 2.19 bits per heavy atom. The summed E-state index contributed by atoms with van der Waals surface area (Å²) in [5, 5.41) is 3.42. The van der Waals surface area contributed by atoms with Gasteiger partial charge in [-0.1, -0.05) is 12.1 Å². The van der Waals surface area contributed by atoms with Gasteiger partial charge in [-0.2, -0.15) is 0 Å². The molecule has 0 aliphatic carbocycles. The first-order valence-corrected chi connectivity index (χ1v) is 9.51. The standard InChI is InChI=1S/C20H34N4O2.HI/c1-5-21-20(24-10-9-18(15-24)16-25-4)22-14-17-7-6-8-19(13-17)26-12-11-23(2)3;/h6-8,13,18H,5,9-12,14-16H2,1-4H3,(H,21,22);1H. The van der Waals surface area contributed by atoms with E-state index in [0.717, 1.165) is 56.5 Å². The van der Waals surface area contributed by atoms with Crippen molar-refractivity contribution < 1.29 is 9.47 Å². The van der Waals surface area contributed by atoms with Crippen LogP contribution in [0.25, 0.3) is 0 Å². The van der Waals surface area contributed by atoms with E-state index < -0.39 is 0 Å². The summed E-state index contributed by atoms with van der Waals surface area (Å²) >= 11 is 0. The Kier molecular flexibility index (Phi) is 11.7. The third-order valence-electron chi connectivity index (χ3n) is 4.44. The average Bonchev–Trinajstić information content (AvgIpc) is 3.07. The highest BCUT2D eigenvalue weighted by Gasteiger charge is 2.24. The fourth-order valence-corrected chi connectivity index (χ4v) is 3.07. The minimum absolute atomic E-state index is 0. The number of hydrogen-bond donors (Lipinski definition) is 1. The fraction of sp³-hybridized carbons (Fsp3) is 0.650. The summed E-state index contributed by atoms with van der Waals surface area (Å²) in [6, 6.07) is 8.22. The van der Waals surface area contributed by atoms with Crippen molar-refractivity contribution in [2.45, 2.75) is 19.9 Å². The molecule has 0 radical (unpaired) electrons. The number of benzene rings is 1. The van der Waals surface area contributed by atoms with E-state index in [-0.39, 0.29) is 24.0 Å². The molecule has 0 amide bonds. The van der Waals surface area contributed by atoms with Gasteiger partial charge in [0.05, 0.1) is 13.2 Å². The fourth-order valence-electron chi connectivity index (χ4n) is 3.07. The Labute approximate surface area is 181 Å². The van der Waals surface area contributed by atoms with Gasteiger partial charge < -0.3 is 24.6 Å². The molecule has 27 heavy (non-hydrogen) atoms. The summed E-state index contributed by atoms with van der Waals surface area (Å²) in [5.41, 5.74) is 1.16. The van der Waals surface area contributed by atoms with Gasteiger partial charge in [0.15, 0.2) is 5.96 Å². The van der Waals surface area contributed by atoms with Crippen LogP contribution in [0.1, 0.15) is 18.9 Å². The summed E-state index contributed by atoms with van der Waals surface area (Å²) in [7, 11) is 5.87. The molecule has 7 heteroatoms. The number of nitrogens with one attached hydrogen (secondary N) is 1. The molecule has 1 unspecified atom stereocenters. The van der Waals surface area contributed by atoms with Gasteiger partial charge in [0.2, 0.25) is 0 Å². The molecule has 1 aliphatic heterocycles. The van der Waals surface area contributed by atoms with Crippen LogP contribution in [0.3, 0.4) is 0 Å². The minimum atomic E-state index is 0. The zero-order chi connectivity index (χ0) is 18.8. The Morgan fingerprint density at radius 1 is 1.37 bits per heavy atom. The molecule has 1 saturated heterocycles. The first kappa shape index (κ1) is 24.0. The monoisotopic (exact) mass is 490 g/mol. The van der Waals surface area contributed by atoms with Gasteiger partial charge in [0.25, 0.3) is 0 Å². The van der Waals surface area contributed by atoms with E-state index in [1.165, 1.54) is 0 Å². The van der Waals surface area contributed by atoms with Crippen LogP contribution < -0.4 is 10.1 Å². The maximum atomic E-state index is 5.82. The predicted octanol–water partition coefficient (Wildman–Crippen LogP) is 2.68. The minimum Gasteiger partial charge on any atom is -0.492 e. The van der Waals surface area contributed by atoms with E-state index in [4.69, 9.17) is 14.5 Å². The van der Waals surface area contributed by atoms with Crippen LogP contribution in [-0.4, -0.2) is 76.4 Å². The first-order valence-electron chi connectivity index (χ1n) is 9.51. The molecule has 1 aliphatic rings. The number of ether oxygens (including phenoxy) is 2. The normalized spacial score (nSPS) is 17.1. The van der Waals surface area contributed by atoms with Crippen molar-refractivity contribution in [2.75, 3.05) is 60.6 Å². The highest BCUT2D eigenvalue weighted by molar-refractivity contribution is 14.0. The molecule has 0 spiro atoms. The summed E-state index contributed by atoms with van der Waals surface area (Å²) in [6.07, 6.45) is 1.16. The Hall–Kier alpha value is -1.06. The lowest BCUT2D eigenvalue weighted by Gasteiger charge is -2.21. The maximum Gasteiger partial charge on any atom is 0.194 e. The van der Waals surface area contributed by atoms with Gasteiger partial charge in [-0.15, -0.1) is 24.0 Å². The second-order valence-corrected chi connectivity index (χ2v) is 7.03. The Morgan fingerprint density at radius 3 is 2.89 bits per heavy atom. The van der Waals surface area contributed by atoms with E-state index in [9.17, 15) is 0 Å². The van der Waals surface area contributed by atoms with Crippen LogP contribution in [-0.2, 0) is 11.3 Å². The number of guanidine groups is 1. The van der Waals surface area contributed by atoms with E-state index >= 15 is 0 Å². The summed E-state index contributed by atoms with van der Waals surface area (Å²) < 4.78 is 11.1. The molecule has 1 aromatic carbocycles. The summed E-state index contributed by atoms with van der Waals surface area (Å²) in [6.45, 7) is 8.10. The Balaban J connectivity index is 0.00000364. The molecule has 1 atom stereocenters. The number of rotatable bonds is 9. The molecule has 1 heterocycles. The number of nitrogens with zero attached hydrogens (tertiary/aromatic N) is 3. The molecular formula is C20H35IN4O2. The molecule has 0 saturated carbocycles. The molecular weight excluding hydrogens is 455 g/mol. The van der Waals surface area contributed by atoms with Gasteiger partial charge in [0.1, 0.15) is 12.4 Å². The molecule has 0 bridgehead atoms. The van der Waals surface area contributed by atoms with E-state index in [2.05, 4.69) is 34.2 Å². The highest BCUT2D eigenvalue weighted by Crippen LogP contribution is 2.18. The molecule has 6 nitrogen and oxygen atoms in total. The van der Waals surface area contributed by atoms with Gasteiger partial charge in [0, 0.05) is 39.2 Å². The van der Waals surface area contributed by atoms with Crippen molar-refractivity contribution in [3.63, 3.8) is 0 Å². The third kappa shape index (κ3) is 8.66. The lowest BCUT2D eigenvalue weighted by molar-refractivity contribution is 0.157. The quantitative estimate of drug-likeness (QED) is 0.328. The molecule has 1 aromatic rings. The highest BCUT2D eigenvalue weighted by atomic mass is 127. The third-order valence-corrected chi connectivity index (χ3v) is 4.44. The van der Waals surface area contributed by atoms with Crippen molar-refractivity contribution >= 4 is 29.9 Å². The van der Waals surface area contributed by atoms with E-state index in [1.807, 2.05) is 26.2 Å². The second kappa shape index (κ2) is 13.2. The summed E-state index contributed by atoms with van der Waals surface area (Å²) in [5.74, 6) is 2.49. The van der Waals surface area contributed by atoms with Crippen molar-refractivity contribution in [1.29, 1.82) is 0 Å². The number of hydrogen-bond acceptors (Lipinski definition) is 4. The van der Waals surface area contributed by atoms with Gasteiger partial charge in [-0.3, -0.25) is 0 Å². The van der Waals surface area contributed by atoms with Crippen LogP contribution in [0.2, 0.25) is 0 Å². The van der Waals surface area contributed by atoms with E-state index in [0.29, 0.717) is 19.1 Å². The van der Waals surface area contributed by atoms with Crippen molar-refractivity contribution in [3.8, 4) is 5.75 Å². The molecule has 154 valence electrons. The van der Waals surface area contributed by atoms with Gasteiger partial charge in [-0.05, 0) is 45.1 Å². The van der Waals surface area contributed by atoms with Crippen LogP contribution in [0.15, 0.2) is 29.3 Å².